The van der Waals surface area contributed by atoms with E-state index in [1.807, 2.05) is 6.92 Å². The fraction of sp³-hybridized carbons (Fsp3) is 0.571. The molecular weight excluding hydrogens is 232 g/mol. The predicted molar refractivity (Wildman–Crippen MR) is 67.4 cm³/mol. The van der Waals surface area contributed by atoms with Crippen molar-refractivity contribution in [2.75, 3.05) is 0 Å². The van der Waals surface area contributed by atoms with Crippen LogP contribution in [0.2, 0.25) is 0 Å². The van der Waals surface area contributed by atoms with Gasteiger partial charge in [-0.25, -0.2) is 4.79 Å². The molecule has 0 N–H and O–H groups in total. The molecule has 4 heteroatoms. The van der Waals surface area contributed by atoms with E-state index in [2.05, 4.69) is 6.92 Å². The first-order valence-electron chi connectivity index (χ1n) is 6.47. The van der Waals surface area contributed by atoms with Crippen molar-refractivity contribution in [3.63, 3.8) is 0 Å². The van der Waals surface area contributed by atoms with Gasteiger partial charge in [0.1, 0.15) is 6.10 Å². The number of hydrogen-bond acceptors (Lipinski definition) is 4. The number of esters is 1. The van der Waals surface area contributed by atoms with Crippen LogP contribution < -0.4 is 0 Å². The number of furan rings is 1. The molecule has 4 nitrogen and oxygen atoms in total. The van der Waals surface area contributed by atoms with Gasteiger partial charge >= 0.3 is 11.8 Å². The summed E-state index contributed by atoms with van der Waals surface area (Å²) in [6.07, 6.45) is 5.96. The Kier molecular flexibility index (Phi) is 6.19. The van der Waals surface area contributed by atoms with Gasteiger partial charge in [-0.1, -0.05) is 26.7 Å². The summed E-state index contributed by atoms with van der Waals surface area (Å²) in [5.41, 5.74) is 0. The van der Waals surface area contributed by atoms with Crippen LogP contribution in [-0.2, 0) is 9.53 Å². The summed E-state index contributed by atoms with van der Waals surface area (Å²) in [7, 11) is 0. The molecule has 1 unspecified atom stereocenters. The lowest BCUT2D eigenvalue weighted by Crippen LogP contribution is -2.24. The lowest BCUT2D eigenvalue weighted by molar-refractivity contribution is -0.143. The van der Waals surface area contributed by atoms with Crippen LogP contribution in [0.25, 0.3) is 0 Å². The highest BCUT2D eigenvalue weighted by molar-refractivity contribution is 6.39. The number of ether oxygens (including phenoxy) is 1. The number of unbranched alkanes of at least 4 members (excludes halogenated alkanes) is 2. The Labute approximate surface area is 107 Å². The zero-order valence-electron chi connectivity index (χ0n) is 11.0. The highest BCUT2D eigenvalue weighted by Crippen LogP contribution is 2.12. The monoisotopic (exact) mass is 252 g/mol. The van der Waals surface area contributed by atoms with Crippen molar-refractivity contribution in [2.45, 2.75) is 52.1 Å². The Hall–Kier alpha value is -1.58. The zero-order chi connectivity index (χ0) is 13.4. The Morgan fingerprint density at radius 3 is 2.67 bits per heavy atom. The van der Waals surface area contributed by atoms with Crippen LogP contribution in [0.3, 0.4) is 0 Å². The second-order valence-corrected chi connectivity index (χ2v) is 4.24. The number of carbonyl (C=O) groups is 2. The highest BCUT2D eigenvalue weighted by atomic mass is 16.5. The molecule has 0 aliphatic carbocycles. The van der Waals surface area contributed by atoms with Gasteiger partial charge in [0.15, 0.2) is 5.76 Å². The molecule has 0 amide bonds. The average Bonchev–Trinajstić information content (AvgIpc) is 2.90. The molecule has 1 aromatic heterocycles. The minimum absolute atomic E-state index is 0.0309. The first kappa shape index (κ1) is 14.5. The van der Waals surface area contributed by atoms with Crippen LogP contribution in [0.5, 0.6) is 0 Å². The molecular formula is C14H20O4. The first-order valence-corrected chi connectivity index (χ1v) is 6.47. The lowest BCUT2D eigenvalue weighted by atomic mass is 10.1. The summed E-state index contributed by atoms with van der Waals surface area (Å²) >= 11 is 0. The van der Waals surface area contributed by atoms with E-state index in [1.54, 1.807) is 6.07 Å². The quantitative estimate of drug-likeness (QED) is 0.308. The van der Waals surface area contributed by atoms with E-state index in [0.29, 0.717) is 0 Å². The molecule has 1 atom stereocenters. The molecule has 18 heavy (non-hydrogen) atoms. The van der Waals surface area contributed by atoms with E-state index in [1.165, 1.54) is 12.3 Å². The molecule has 0 saturated heterocycles. The molecule has 1 rings (SSSR count). The third-order valence-electron chi connectivity index (χ3n) is 2.79. The largest absolute Gasteiger partial charge is 0.461 e. The van der Waals surface area contributed by atoms with Crippen LogP contribution in [-0.4, -0.2) is 17.9 Å². The molecule has 100 valence electrons. The number of carbonyl (C=O) groups excluding carboxylic acids is 2. The molecule has 0 bridgehead atoms. The van der Waals surface area contributed by atoms with Gasteiger partial charge in [0.25, 0.3) is 0 Å². The van der Waals surface area contributed by atoms with Crippen molar-refractivity contribution in [1.82, 2.24) is 0 Å². The standard InChI is InChI=1S/C14H20O4/c1-3-5-6-8-11(4-2)18-14(16)13(15)12-9-7-10-17-12/h7,9-11H,3-6,8H2,1-2H3. The molecule has 0 aromatic carbocycles. The smallest absolute Gasteiger partial charge is 0.383 e. The summed E-state index contributed by atoms with van der Waals surface area (Å²) in [4.78, 5) is 23.2. The van der Waals surface area contributed by atoms with Gasteiger partial charge in [-0.2, -0.15) is 0 Å². The van der Waals surface area contributed by atoms with Crippen molar-refractivity contribution >= 4 is 11.8 Å². The van der Waals surface area contributed by atoms with Crippen LogP contribution in [0.15, 0.2) is 22.8 Å². The molecule has 1 aromatic rings. The Balaban J connectivity index is 2.44. The van der Waals surface area contributed by atoms with Crippen molar-refractivity contribution in [3.8, 4) is 0 Å². The Morgan fingerprint density at radius 1 is 1.33 bits per heavy atom. The summed E-state index contributed by atoms with van der Waals surface area (Å²) in [6, 6.07) is 3.03. The molecule has 0 radical (unpaired) electrons. The van der Waals surface area contributed by atoms with E-state index in [4.69, 9.17) is 9.15 Å². The maximum absolute atomic E-state index is 11.6. The molecule has 0 aliphatic heterocycles. The topological polar surface area (TPSA) is 56.5 Å². The van der Waals surface area contributed by atoms with Crippen molar-refractivity contribution in [1.29, 1.82) is 0 Å². The van der Waals surface area contributed by atoms with E-state index < -0.39 is 11.8 Å². The summed E-state index contributed by atoms with van der Waals surface area (Å²) < 4.78 is 10.1. The summed E-state index contributed by atoms with van der Waals surface area (Å²) in [6.45, 7) is 4.06. The minimum Gasteiger partial charge on any atom is -0.461 e. The van der Waals surface area contributed by atoms with Crippen LogP contribution in [0.4, 0.5) is 0 Å². The number of hydrogen-bond donors (Lipinski definition) is 0. The second-order valence-electron chi connectivity index (χ2n) is 4.24. The third kappa shape index (κ3) is 4.35. The van der Waals surface area contributed by atoms with Crippen LogP contribution in [0, 0.1) is 0 Å². The van der Waals surface area contributed by atoms with Gasteiger partial charge in [0, 0.05) is 0 Å². The molecule has 1 heterocycles. The molecule has 0 fully saturated rings. The van der Waals surface area contributed by atoms with Gasteiger partial charge in [-0.3, -0.25) is 4.79 Å². The van der Waals surface area contributed by atoms with Crippen molar-refractivity contribution in [3.05, 3.63) is 24.2 Å². The Bertz CT molecular complexity index is 367. The van der Waals surface area contributed by atoms with Crippen molar-refractivity contribution in [2.24, 2.45) is 0 Å². The lowest BCUT2D eigenvalue weighted by Gasteiger charge is -2.14. The zero-order valence-corrected chi connectivity index (χ0v) is 11.0. The normalized spacial score (nSPS) is 12.1. The van der Waals surface area contributed by atoms with Gasteiger partial charge in [-0.15, -0.1) is 0 Å². The van der Waals surface area contributed by atoms with Gasteiger partial charge in [0.05, 0.1) is 6.26 Å². The van der Waals surface area contributed by atoms with E-state index in [9.17, 15) is 9.59 Å². The highest BCUT2D eigenvalue weighted by Gasteiger charge is 2.23. The fourth-order valence-corrected chi connectivity index (χ4v) is 1.68. The number of Topliss-reactive ketones (excluding diaryl/α,β-unsaturated/α-hetero) is 1. The van der Waals surface area contributed by atoms with E-state index in [0.717, 1.165) is 32.1 Å². The maximum atomic E-state index is 11.6. The average molecular weight is 252 g/mol. The van der Waals surface area contributed by atoms with Crippen LogP contribution >= 0.6 is 0 Å². The molecule has 0 aliphatic rings. The minimum atomic E-state index is -0.826. The molecule has 0 spiro atoms. The number of rotatable bonds is 8. The van der Waals surface area contributed by atoms with Crippen molar-refractivity contribution < 1.29 is 18.7 Å². The maximum Gasteiger partial charge on any atom is 0.383 e. The first-order chi connectivity index (χ1) is 8.69. The Morgan fingerprint density at radius 2 is 2.11 bits per heavy atom. The molecule has 0 saturated carbocycles. The van der Waals surface area contributed by atoms with Gasteiger partial charge in [0.2, 0.25) is 0 Å². The summed E-state index contributed by atoms with van der Waals surface area (Å²) in [5.74, 6) is -1.51. The van der Waals surface area contributed by atoms with E-state index in [-0.39, 0.29) is 11.9 Å². The third-order valence-corrected chi connectivity index (χ3v) is 2.79. The van der Waals surface area contributed by atoms with Gasteiger partial charge < -0.3 is 9.15 Å². The number of ketones is 1. The fourth-order valence-electron chi connectivity index (χ4n) is 1.68. The van der Waals surface area contributed by atoms with E-state index >= 15 is 0 Å². The SMILES string of the molecule is CCCCCC(CC)OC(=O)C(=O)c1ccco1. The second kappa shape index (κ2) is 7.69. The van der Waals surface area contributed by atoms with Crippen LogP contribution in [0.1, 0.15) is 56.5 Å². The predicted octanol–water partition coefficient (Wildman–Crippen LogP) is 3.36. The summed E-state index contributed by atoms with van der Waals surface area (Å²) in [5, 5.41) is 0. The van der Waals surface area contributed by atoms with Gasteiger partial charge in [-0.05, 0) is 31.4 Å².